The Hall–Kier alpha value is -7.62. The number of benzene rings is 4. The lowest BCUT2D eigenvalue weighted by atomic mass is 9.93. The predicted molar refractivity (Wildman–Crippen MR) is 273 cm³/mol. The number of carbonyl (C=O) groups excluding carboxylic acids is 3. The van der Waals surface area contributed by atoms with Crippen LogP contribution in [0, 0.1) is 28.1 Å². The summed E-state index contributed by atoms with van der Waals surface area (Å²) in [7, 11) is 0. The van der Waals surface area contributed by atoms with Crippen LogP contribution in [0.1, 0.15) is 134 Å². The van der Waals surface area contributed by atoms with E-state index in [0.717, 1.165) is 101 Å². The zero-order valence-electron chi connectivity index (χ0n) is 41.5. The van der Waals surface area contributed by atoms with Crippen molar-refractivity contribution < 1.29 is 38.1 Å². The van der Waals surface area contributed by atoms with Gasteiger partial charge in [0.1, 0.15) is 30.1 Å². The lowest BCUT2D eigenvalue weighted by Gasteiger charge is -2.26. The van der Waals surface area contributed by atoms with Gasteiger partial charge < -0.3 is 23.7 Å². The second-order valence-electron chi connectivity index (χ2n) is 17.5. The monoisotopic (exact) mass is 982 g/mol. The van der Waals surface area contributed by atoms with Gasteiger partial charge in [-0.2, -0.15) is 31.0 Å². The van der Waals surface area contributed by atoms with Crippen LogP contribution >= 0.6 is 0 Å². The van der Waals surface area contributed by atoms with Crippen molar-refractivity contribution in [3.8, 4) is 23.6 Å². The van der Waals surface area contributed by atoms with Gasteiger partial charge >= 0.3 is 17.9 Å². The summed E-state index contributed by atoms with van der Waals surface area (Å²) in [5.41, 5.74) is 11.1. The third-order valence-corrected chi connectivity index (χ3v) is 11.4. The highest BCUT2D eigenvalue weighted by Gasteiger charge is 2.38. The molecule has 0 atom stereocenters. The van der Waals surface area contributed by atoms with Gasteiger partial charge in [-0.1, -0.05) is 82.2 Å². The Kier molecular flexibility index (Phi) is 27.4. The third-order valence-electron chi connectivity index (χ3n) is 11.4. The summed E-state index contributed by atoms with van der Waals surface area (Å²) in [6.45, 7) is 1.97. The molecule has 0 aliphatic rings. The van der Waals surface area contributed by atoms with E-state index in [-0.39, 0.29) is 39.2 Å². The Morgan fingerprint density at radius 2 is 0.819 bits per heavy atom. The van der Waals surface area contributed by atoms with Gasteiger partial charge in [0.05, 0.1) is 72.4 Å². The summed E-state index contributed by atoms with van der Waals surface area (Å²) < 4.78 is 28.0. The van der Waals surface area contributed by atoms with Gasteiger partial charge in [0.15, 0.2) is 0 Å². The molecule has 0 radical (unpaired) electrons. The van der Waals surface area contributed by atoms with Gasteiger partial charge in [-0.05, 0) is 135 Å². The highest BCUT2D eigenvalue weighted by molar-refractivity contribution is 5.78. The zero-order chi connectivity index (χ0) is 51.3. The van der Waals surface area contributed by atoms with Gasteiger partial charge in [0.2, 0.25) is 0 Å². The largest absolute Gasteiger partial charge is 0.494 e. The number of hydrogen-bond donors (Lipinski definition) is 0. The summed E-state index contributed by atoms with van der Waals surface area (Å²) in [5.74, 6) is -0.0229. The fourth-order valence-corrected chi connectivity index (χ4v) is 7.08. The Labute approximate surface area is 423 Å². The standard InChI is InChI=1S/C55H67N9O8/c1-55(54(67)70-39-36-59-64-58,42-71-52(65)18-14-10-6-2-4-8-12-16-37-68-50-32-28-48(29-33-50)62-60-46-24-20-44(40-56)21-25-46)43-72-53(66)19-15-11-7-3-5-9-13-17-38-69-51-34-30-49(31-35-51)63-61-47-26-22-45(41-57)23-27-47/h20-35H,2-19,36-39,42-43H2,1H3. The average Bonchev–Trinajstić information content (AvgIpc) is 3.41. The topological polar surface area (TPSA) is 243 Å². The van der Waals surface area contributed by atoms with Crippen LogP contribution in [0.4, 0.5) is 22.7 Å². The Balaban J connectivity index is 0.984. The van der Waals surface area contributed by atoms with Crippen LogP contribution < -0.4 is 9.47 Å². The zero-order valence-corrected chi connectivity index (χ0v) is 41.5. The van der Waals surface area contributed by atoms with Crippen molar-refractivity contribution in [1.82, 2.24) is 0 Å². The van der Waals surface area contributed by atoms with Gasteiger partial charge in [-0.3, -0.25) is 14.4 Å². The second-order valence-corrected chi connectivity index (χ2v) is 17.5. The molecule has 72 heavy (non-hydrogen) atoms. The van der Waals surface area contributed by atoms with Crippen LogP contribution in [0.5, 0.6) is 11.5 Å². The summed E-state index contributed by atoms with van der Waals surface area (Å²) in [6, 6.07) is 32.9. The minimum atomic E-state index is -1.42. The molecule has 0 saturated carbocycles. The van der Waals surface area contributed by atoms with E-state index in [1.54, 1.807) is 48.5 Å². The van der Waals surface area contributed by atoms with Gasteiger partial charge in [-0.25, -0.2) is 0 Å². The van der Waals surface area contributed by atoms with Crippen LogP contribution in [-0.2, 0) is 28.6 Å². The summed E-state index contributed by atoms with van der Waals surface area (Å²) in [6.07, 6.45) is 16.0. The van der Waals surface area contributed by atoms with Crippen molar-refractivity contribution in [1.29, 1.82) is 10.5 Å². The van der Waals surface area contributed by atoms with Gasteiger partial charge in [0.25, 0.3) is 0 Å². The van der Waals surface area contributed by atoms with Crippen LogP contribution in [0.3, 0.4) is 0 Å². The number of azo groups is 2. The van der Waals surface area contributed by atoms with Crippen LogP contribution in [0.15, 0.2) is 123 Å². The van der Waals surface area contributed by atoms with Crippen molar-refractivity contribution in [3.63, 3.8) is 0 Å². The number of carbonyl (C=O) groups is 3. The fourth-order valence-electron chi connectivity index (χ4n) is 7.08. The Morgan fingerprint density at radius 1 is 0.486 bits per heavy atom. The quantitative estimate of drug-likeness (QED) is 0.0104. The smallest absolute Gasteiger partial charge is 0.318 e. The first kappa shape index (κ1) is 57.0. The molecule has 4 aromatic rings. The molecule has 4 aromatic carbocycles. The second kappa shape index (κ2) is 34.6. The van der Waals surface area contributed by atoms with E-state index in [1.807, 2.05) is 48.5 Å². The van der Waals surface area contributed by atoms with E-state index in [1.165, 1.54) is 6.92 Å². The predicted octanol–water partition coefficient (Wildman–Crippen LogP) is 14.7. The van der Waals surface area contributed by atoms with Crippen molar-refractivity contribution in [2.45, 2.75) is 122 Å². The molecule has 0 amide bonds. The molecule has 0 N–H and O–H groups in total. The van der Waals surface area contributed by atoms with Crippen LogP contribution in [0.25, 0.3) is 10.4 Å². The highest BCUT2D eigenvalue weighted by Crippen LogP contribution is 2.25. The number of nitrogens with zero attached hydrogens (tertiary/aromatic N) is 9. The number of hydrogen-bond acceptors (Lipinski definition) is 15. The molecule has 17 nitrogen and oxygen atoms in total. The molecule has 0 fully saturated rings. The minimum absolute atomic E-state index is 0.0511. The van der Waals surface area contributed by atoms with E-state index < -0.39 is 23.3 Å². The minimum Gasteiger partial charge on any atom is -0.494 e. The lowest BCUT2D eigenvalue weighted by molar-refractivity contribution is -0.170. The maximum Gasteiger partial charge on any atom is 0.318 e. The number of nitriles is 2. The maximum atomic E-state index is 13.1. The molecule has 0 heterocycles. The molecule has 0 aromatic heterocycles. The molecule has 0 spiro atoms. The molecule has 380 valence electrons. The van der Waals surface area contributed by atoms with E-state index in [4.69, 9.17) is 39.7 Å². The first-order valence-electron chi connectivity index (χ1n) is 25.0. The molecule has 0 unspecified atom stereocenters. The normalized spacial score (nSPS) is 11.8. The number of unbranched alkanes of at least 4 members (excludes halogenated alkanes) is 14. The summed E-state index contributed by atoms with van der Waals surface area (Å²) in [4.78, 5) is 41.0. The van der Waals surface area contributed by atoms with Crippen LogP contribution in [-0.4, -0.2) is 57.5 Å². The van der Waals surface area contributed by atoms with E-state index in [9.17, 15) is 14.4 Å². The fraction of sp³-hybridized carbons (Fsp3) is 0.473. The van der Waals surface area contributed by atoms with Gasteiger partial charge in [0, 0.05) is 17.8 Å². The maximum absolute atomic E-state index is 13.1. The molecule has 0 saturated heterocycles. The lowest BCUT2D eigenvalue weighted by Crippen LogP contribution is -2.40. The van der Waals surface area contributed by atoms with E-state index >= 15 is 0 Å². The molecule has 4 rings (SSSR count). The van der Waals surface area contributed by atoms with Crippen molar-refractivity contribution >= 4 is 40.7 Å². The van der Waals surface area contributed by atoms with Crippen LogP contribution in [0.2, 0.25) is 0 Å². The SMILES string of the molecule is CC(COC(=O)CCCCCCCCCCOc1ccc(N=Nc2ccc(C#N)cc2)cc1)(COC(=O)CCCCCCCCCCOc1ccc(N=Nc2ccc(C#N)cc2)cc1)C(=O)OCCN=[N+]=[N-]. The number of esters is 3. The number of ether oxygens (including phenoxy) is 5. The Bertz CT molecular complexity index is 2260. The highest BCUT2D eigenvalue weighted by atomic mass is 16.6. The molecular formula is C55H67N9O8. The third kappa shape index (κ3) is 24.3. The molecule has 0 bridgehead atoms. The van der Waals surface area contributed by atoms with Crippen molar-refractivity contribution in [3.05, 3.63) is 119 Å². The van der Waals surface area contributed by atoms with Crippen molar-refractivity contribution in [2.75, 3.05) is 39.6 Å². The van der Waals surface area contributed by atoms with Crippen molar-refractivity contribution in [2.24, 2.45) is 31.0 Å². The van der Waals surface area contributed by atoms with E-state index in [0.29, 0.717) is 59.9 Å². The number of azide groups is 1. The molecule has 0 aliphatic heterocycles. The first-order valence-corrected chi connectivity index (χ1v) is 25.0. The first-order chi connectivity index (χ1) is 35.2. The van der Waals surface area contributed by atoms with E-state index in [2.05, 4.69) is 42.6 Å². The number of rotatable bonds is 36. The average molecular weight is 982 g/mol. The summed E-state index contributed by atoms with van der Waals surface area (Å²) >= 11 is 0. The molecular weight excluding hydrogens is 915 g/mol. The molecule has 0 aliphatic carbocycles. The summed E-state index contributed by atoms with van der Waals surface area (Å²) in [5, 5.41) is 38.1. The molecule has 17 heteroatoms. The Morgan fingerprint density at radius 3 is 1.17 bits per heavy atom. The van der Waals surface area contributed by atoms with Gasteiger partial charge in [-0.15, -0.1) is 0 Å².